The van der Waals surface area contributed by atoms with Gasteiger partial charge in [-0.1, -0.05) is 6.07 Å². The number of nitrogens with one attached hydrogen (secondary N) is 2. The van der Waals surface area contributed by atoms with Gasteiger partial charge in [0.25, 0.3) is 0 Å². The Bertz CT molecular complexity index is 493. The molecule has 0 atom stereocenters. The van der Waals surface area contributed by atoms with Crippen LogP contribution in [0.1, 0.15) is 36.4 Å². The molecule has 0 spiro atoms. The number of quaternary nitrogens is 1. The maximum absolute atomic E-state index is 12.0. The first-order chi connectivity index (χ1) is 10.5. The number of rotatable bonds is 7. The number of thiophene rings is 1. The lowest BCUT2D eigenvalue weighted by molar-refractivity contribution is -0.954. The fraction of sp³-hybridized carbons (Fsp3) is 0.625. The Kier molecular flexibility index (Phi) is 6.11. The van der Waals surface area contributed by atoms with Crippen LogP contribution in [0.4, 0.5) is 0 Å². The predicted molar refractivity (Wildman–Crippen MR) is 86.5 cm³/mol. The van der Waals surface area contributed by atoms with Gasteiger partial charge < -0.3 is 15.0 Å². The quantitative estimate of drug-likeness (QED) is 0.719. The van der Waals surface area contributed by atoms with Gasteiger partial charge in [-0.2, -0.15) is 0 Å². The summed E-state index contributed by atoms with van der Waals surface area (Å²) in [7, 11) is 0. The summed E-state index contributed by atoms with van der Waals surface area (Å²) >= 11 is 1.42. The van der Waals surface area contributed by atoms with E-state index in [1.54, 1.807) is 6.07 Å². The van der Waals surface area contributed by atoms with E-state index in [1.807, 2.05) is 11.4 Å². The summed E-state index contributed by atoms with van der Waals surface area (Å²) in [6, 6.07) is 3.65. The lowest BCUT2D eigenvalue weighted by Gasteiger charge is -2.37. The molecular weight excluding hydrogens is 300 g/mol. The Morgan fingerprint density at radius 3 is 2.68 bits per heavy atom. The van der Waals surface area contributed by atoms with E-state index in [9.17, 15) is 9.59 Å². The van der Waals surface area contributed by atoms with Gasteiger partial charge in [-0.15, -0.1) is 11.3 Å². The van der Waals surface area contributed by atoms with Crippen LogP contribution in [0.2, 0.25) is 0 Å². The number of carbonyl (C=O) groups is 2. The molecule has 1 aliphatic rings. The molecule has 0 bridgehead atoms. The van der Waals surface area contributed by atoms with Crippen LogP contribution >= 0.6 is 11.3 Å². The first-order valence-electron chi connectivity index (χ1n) is 7.75. The highest BCUT2D eigenvalue weighted by Crippen LogP contribution is 2.12. The molecule has 0 unspecified atom stereocenters. The molecule has 0 aromatic carbocycles. The Labute approximate surface area is 135 Å². The Morgan fingerprint density at radius 2 is 2.05 bits per heavy atom. The van der Waals surface area contributed by atoms with Gasteiger partial charge in [-0.25, -0.2) is 0 Å². The Morgan fingerprint density at radius 1 is 1.32 bits per heavy atom. The number of hydrogen-bond donors (Lipinski definition) is 2. The van der Waals surface area contributed by atoms with Crippen LogP contribution in [0.5, 0.6) is 0 Å². The van der Waals surface area contributed by atoms with Crippen LogP contribution in [0.15, 0.2) is 17.5 Å². The number of carbonyl (C=O) groups excluding carboxylic acids is 2. The molecule has 1 aromatic rings. The van der Waals surface area contributed by atoms with Crippen molar-refractivity contribution in [2.75, 3.05) is 32.8 Å². The maximum atomic E-state index is 12.0. The summed E-state index contributed by atoms with van der Waals surface area (Å²) in [6.07, 6.45) is 0.530. The van der Waals surface area contributed by atoms with Gasteiger partial charge in [0.2, 0.25) is 5.91 Å². The summed E-state index contributed by atoms with van der Waals surface area (Å²) < 4.78 is 5.38. The highest BCUT2D eigenvalue weighted by atomic mass is 32.1. The highest BCUT2D eigenvalue weighted by Gasteiger charge is 2.32. The highest BCUT2D eigenvalue weighted by molar-refractivity contribution is 7.12. The predicted octanol–water partition coefficient (Wildman–Crippen LogP) is 0.521. The van der Waals surface area contributed by atoms with E-state index < -0.39 is 0 Å². The molecule has 1 fully saturated rings. The summed E-state index contributed by atoms with van der Waals surface area (Å²) in [5, 5.41) is 4.85. The van der Waals surface area contributed by atoms with E-state index >= 15 is 0 Å². The largest absolute Gasteiger partial charge is 0.370 e. The summed E-state index contributed by atoms with van der Waals surface area (Å²) in [4.78, 5) is 26.0. The average molecular weight is 325 g/mol. The van der Waals surface area contributed by atoms with Crippen LogP contribution in [0.3, 0.4) is 0 Å². The molecule has 0 saturated carbocycles. The fourth-order valence-electron chi connectivity index (χ4n) is 2.62. The standard InChI is InChI=1S/C16H24N2O3S/c1-16(2,18-7-9-21-10-8-18)12-17-15(20)6-5-13(19)14-4-3-11-22-14/h3-4,11H,5-10,12H2,1-2H3,(H,17,20)/p+1. The zero-order valence-corrected chi connectivity index (χ0v) is 14.1. The van der Waals surface area contributed by atoms with Crippen molar-refractivity contribution in [2.24, 2.45) is 0 Å². The van der Waals surface area contributed by atoms with E-state index in [1.165, 1.54) is 16.2 Å². The number of Topliss-reactive ketones (excluding diaryl/α,β-unsaturated/α-hetero) is 1. The molecule has 1 aliphatic heterocycles. The van der Waals surface area contributed by atoms with Gasteiger partial charge in [0.1, 0.15) is 18.6 Å². The second-order valence-electron chi connectivity index (χ2n) is 6.28. The fourth-order valence-corrected chi connectivity index (χ4v) is 3.31. The van der Waals surface area contributed by atoms with Crippen molar-refractivity contribution < 1.29 is 19.2 Å². The number of hydrogen-bond acceptors (Lipinski definition) is 4. The van der Waals surface area contributed by atoms with Crippen molar-refractivity contribution in [3.8, 4) is 0 Å². The zero-order valence-electron chi connectivity index (χ0n) is 13.3. The van der Waals surface area contributed by atoms with Gasteiger partial charge in [-0.05, 0) is 25.3 Å². The van der Waals surface area contributed by atoms with Crippen molar-refractivity contribution in [3.63, 3.8) is 0 Å². The topological polar surface area (TPSA) is 59.8 Å². The third kappa shape index (κ3) is 4.90. The minimum atomic E-state index is -0.0503. The first kappa shape index (κ1) is 17.1. The SMILES string of the molecule is CC(C)(CNC(=O)CCC(=O)c1cccs1)[NH+]1CCOCC1. The van der Waals surface area contributed by atoms with Crippen molar-refractivity contribution >= 4 is 23.0 Å². The van der Waals surface area contributed by atoms with E-state index in [2.05, 4.69) is 19.2 Å². The maximum Gasteiger partial charge on any atom is 0.220 e. The second-order valence-corrected chi connectivity index (χ2v) is 7.22. The van der Waals surface area contributed by atoms with Crippen molar-refractivity contribution in [3.05, 3.63) is 22.4 Å². The number of morpholine rings is 1. The van der Waals surface area contributed by atoms with Crippen LogP contribution in [-0.4, -0.2) is 50.1 Å². The van der Waals surface area contributed by atoms with Crippen molar-refractivity contribution in [1.29, 1.82) is 0 Å². The first-order valence-corrected chi connectivity index (χ1v) is 8.63. The number of ether oxygens (including phenoxy) is 1. The molecule has 6 heteroatoms. The van der Waals surface area contributed by atoms with Crippen molar-refractivity contribution in [2.45, 2.75) is 32.2 Å². The molecule has 1 aromatic heterocycles. The molecule has 0 radical (unpaired) electrons. The molecule has 122 valence electrons. The Balaban J connectivity index is 1.71. The second kappa shape index (κ2) is 7.85. The van der Waals surface area contributed by atoms with E-state index in [0.717, 1.165) is 31.2 Å². The monoisotopic (exact) mass is 325 g/mol. The molecule has 1 amide bonds. The Hall–Kier alpha value is -1.24. The zero-order chi connectivity index (χ0) is 16.0. The molecule has 2 rings (SSSR count). The van der Waals surface area contributed by atoms with Crippen LogP contribution in [-0.2, 0) is 9.53 Å². The average Bonchev–Trinajstić information content (AvgIpc) is 3.06. The van der Waals surface area contributed by atoms with Gasteiger partial charge in [0, 0.05) is 12.8 Å². The molecule has 2 heterocycles. The van der Waals surface area contributed by atoms with Gasteiger partial charge in [0.05, 0.1) is 24.6 Å². The van der Waals surface area contributed by atoms with E-state index in [4.69, 9.17) is 4.74 Å². The minimum absolute atomic E-state index is 0.0167. The normalized spacial score (nSPS) is 16.5. The van der Waals surface area contributed by atoms with Crippen LogP contribution in [0.25, 0.3) is 0 Å². The smallest absolute Gasteiger partial charge is 0.220 e. The molecule has 1 saturated heterocycles. The lowest BCUT2D eigenvalue weighted by Crippen LogP contribution is -3.22. The third-order valence-corrected chi connectivity index (χ3v) is 5.07. The summed E-state index contributed by atoms with van der Waals surface area (Å²) in [5.74, 6) is -0.00569. The molecular formula is C16H25N2O3S+. The minimum Gasteiger partial charge on any atom is -0.370 e. The molecule has 0 aliphatic carbocycles. The molecule has 2 N–H and O–H groups in total. The molecule has 22 heavy (non-hydrogen) atoms. The number of amides is 1. The van der Waals surface area contributed by atoms with E-state index in [-0.39, 0.29) is 30.1 Å². The summed E-state index contributed by atoms with van der Waals surface area (Å²) in [6.45, 7) is 8.44. The third-order valence-electron chi connectivity index (χ3n) is 4.16. The lowest BCUT2D eigenvalue weighted by atomic mass is 10.0. The van der Waals surface area contributed by atoms with Crippen molar-refractivity contribution in [1.82, 2.24) is 5.32 Å². The number of ketones is 1. The summed E-state index contributed by atoms with van der Waals surface area (Å²) in [5.41, 5.74) is -0.0167. The van der Waals surface area contributed by atoms with Crippen LogP contribution < -0.4 is 10.2 Å². The molecule has 5 nitrogen and oxygen atoms in total. The van der Waals surface area contributed by atoms with E-state index in [0.29, 0.717) is 6.54 Å². The van der Waals surface area contributed by atoms with Gasteiger partial charge in [-0.3, -0.25) is 9.59 Å². The van der Waals surface area contributed by atoms with Crippen LogP contribution in [0, 0.1) is 0 Å². The van der Waals surface area contributed by atoms with Gasteiger partial charge in [0.15, 0.2) is 5.78 Å². The van der Waals surface area contributed by atoms with Gasteiger partial charge >= 0.3 is 0 Å².